The molecule has 0 aliphatic carbocycles. The zero-order chi connectivity index (χ0) is 19.6. The topological polar surface area (TPSA) is 60.9 Å². The largest absolute Gasteiger partial charge is 0.508 e. The fourth-order valence-corrected chi connectivity index (χ4v) is 3.39. The quantitative estimate of drug-likeness (QED) is 0.650. The molecule has 0 amide bonds. The van der Waals surface area contributed by atoms with E-state index in [0.717, 1.165) is 37.4 Å². The molecule has 5 heteroatoms. The van der Waals surface area contributed by atoms with Gasteiger partial charge in [-0.05, 0) is 68.4 Å². The van der Waals surface area contributed by atoms with Crippen LogP contribution in [0.3, 0.4) is 0 Å². The molecule has 3 rings (SSSR count). The minimum absolute atomic E-state index is 0.146. The number of ketones is 2. The van der Waals surface area contributed by atoms with Gasteiger partial charge in [-0.25, -0.2) is 0 Å². The average molecular weight is 366 g/mol. The summed E-state index contributed by atoms with van der Waals surface area (Å²) < 4.78 is 0. The van der Waals surface area contributed by atoms with E-state index in [0.29, 0.717) is 16.7 Å². The van der Waals surface area contributed by atoms with E-state index in [9.17, 15) is 14.7 Å². The number of phenols is 1. The molecule has 0 saturated carbocycles. The van der Waals surface area contributed by atoms with Gasteiger partial charge in [0.1, 0.15) is 5.75 Å². The van der Waals surface area contributed by atoms with Crippen molar-refractivity contribution in [1.29, 1.82) is 0 Å². The van der Waals surface area contributed by atoms with Gasteiger partial charge in [0, 0.05) is 43.0 Å². The number of phenolic OH excluding ortho intramolecular Hbond substituents is 1. The highest BCUT2D eigenvalue weighted by Crippen LogP contribution is 2.23. The lowest BCUT2D eigenvalue weighted by Gasteiger charge is -2.34. The molecule has 1 heterocycles. The highest BCUT2D eigenvalue weighted by atomic mass is 16.3. The Balaban J connectivity index is 1.71. The van der Waals surface area contributed by atoms with Gasteiger partial charge in [0.15, 0.2) is 11.6 Å². The van der Waals surface area contributed by atoms with E-state index in [2.05, 4.69) is 16.8 Å². The number of piperazine rings is 1. The Morgan fingerprint density at radius 1 is 0.926 bits per heavy atom. The lowest BCUT2D eigenvalue weighted by Crippen LogP contribution is -2.44. The molecule has 0 aromatic heterocycles. The number of anilines is 1. The van der Waals surface area contributed by atoms with Crippen LogP contribution in [0.4, 0.5) is 5.69 Å². The molecule has 0 bridgehead atoms. The van der Waals surface area contributed by atoms with E-state index in [-0.39, 0.29) is 23.7 Å². The number of aryl methyl sites for hydroxylation is 2. The van der Waals surface area contributed by atoms with E-state index in [4.69, 9.17) is 0 Å². The van der Waals surface area contributed by atoms with Crippen LogP contribution in [0.2, 0.25) is 0 Å². The van der Waals surface area contributed by atoms with Gasteiger partial charge in [0.2, 0.25) is 0 Å². The van der Waals surface area contributed by atoms with Crippen molar-refractivity contribution in [1.82, 2.24) is 4.90 Å². The lowest BCUT2D eigenvalue weighted by atomic mass is 9.97. The molecule has 0 unspecified atom stereocenters. The van der Waals surface area contributed by atoms with Crippen LogP contribution in [0.5, 0.6) is 5.75 Å². The molecule has 27 heavy (non-hydrogen) atoms. The number of rotatable bonds is 5. The maximum absolute atomic E-state index is 12.6. The van der Waals surface area contributed by atoms with Crippen LogP contribution in [0.15, 0.2) is 36.4 Å². The average Bonchev–Trinajstić information content (AvgIpc) is 2.64. The van der Waals surface area contributed by atoms with E-state index >= 15 is 0 Å². The Kier molecular flexibility index (Phi) is 5.61. The third kappa shape index (κ3) is 4.37. The Morgan fingerprint density at radius 2 is 1.63 bits per heavy atom. The molecule has 1 N–H and O–H groups in total. The number of aromatic hydroxyl groups is 1. The summed E-state index contributed by atoms with van der Waals surface area (Å²) in [5, 5.41) is 9.58. The molecule has 0 atom stereocenters. The van der Waals surface area contributed by atoms with Gasteiger partial charge >= 0.3 is 0 Å². The number of likely N-dealkylation sites (N-methyl/N-ethyl adjacent to an activating group) is 1. The van der Waals surface area contributed by atoms with Crippen LogP contribution in [-0.4, -0.2) is 54.8 Å². The highest BCUT2D eigenvalue weighted by molar-refractivity contribution is 6.14. The third-order valence-corrected chi connectivity index (χ3v) is 5.22. The molecule has 5 nitrogen and oxygen atoms in total. The molecule has 0 radical (unpaired) electrons. The molecule has 1 aliphatic rings. The van der Waals surface area contributed by atoms with E-state index in [1.54, 1.807) is 19.1 Å². The summed E-state index contributed by atoms with van der Waals surface area (Å²) in [4.78, 5) is 29.7. The Morgan fingerprint density at radius 3 is 2.26 bits per heavy atom. The second-order valence-corrected chi connectivity index (χ2v) is 7.31. The molecular formula is C22H26N2O3. The smallest absolute Gasteiger partial charge is 0.170 e. The van der Waals surface area contributed by atoms with Crippen LogP contribution in [0, 0.1) is 13.8 Å². The fraction of sp³-hybridized carbons (Fsp3) is 0.364. The predicted octanol–water partition coefficient (Wildman–Crippen LogP) is 3.22. The van der Waals surface area contributed by atoms with Gasteiger partial charge in [-0.15, -0.1) is 0 Å². The van der Waals surface area contributed by atoms with Crippen LogP contribution in [0.1, 0.15) is 38.3 Å². The van der Waals surface area contributed by atoms with Crippen molar-refractivity contribution in [2.24, 2.45) is 0 Å². The molecule has 0 spiro atoms. The lowest BCUT2D eigenvalue weighted by molar-refractivity contribution is 0.0894. The number of Topliss-reactive ketones (excluding diaryl/α,β-unsaturated/α-hetero) is 2. The number of benzene rings is 2. The van der Waals surface area contributed by atoms with Crippen molar-refractivity contribution >= 4 is 17.3 Å². The summed E-state index contributed by atoms with van der Waals surface area (Å²) in [6, 6.07) is 10.5. The molecule has 1 saturated heterocycles. The molecule has 2 aromatic rings. The summed E-state index contributed by atoms with van der Waals surface area (Å²) >= 11 is 0. The van der Waals surface area contributed by atoms with E-state index < -0.39 is 0 Å². The van der Waals surface area contributed by atoms with Crippen molar-refractivity contribution in [2.45, 2.75) is 20.3 Å². The van der Waals surface area contributed by atoms with Crippen LogP contribution < -0.4 is 4.90 Å². The summed E-state index contributed by atoms with van der Waals surface area (Å²) in [7, 11) is 2.12. The highest BCUT2D eigenvalue weighted by Gasteiger charge is 2.19. The van der Waals surface area contributed by atoms with Gasteiger partial charge in [0.05, 0.1) is 6.42 Å². The van der Waals surface area contributed by atoms with Crippen molar-refractivity contribution in [2.75, 3.05) is 38.1 Å². The number of hydrogen-bond donors (Lipinski definition) is 1. The number of carbonyl (C=O) groups excluding carboxylic acids is 2. The Bertz CT molecular complexity index is 868. The summed E-state index contributed by atoms with van der Waals surface area (Å²) in [6.45, 7) is 7.65. The normalized spacial score (nSPS) is 15.0. The van der Waals surface area contributed by atoms with Crippen molar-refractivity contribution in [3.05, 3.63) is 58.7 Å². The summed E-state index contributed by atoms with van der Waals surface area (Å²) in [5.74, 6) is -0.257. The van der Waals surface area contributed by atoms with Gasteiger partial charge in [0.25, 0.3) is 0 Å². The van der Waals surface area contributed by atoms with Gasteiger partial charge in [-0.1, -0.05) is 0 Å². The van der Waals surface area contributed by atoms with Crippen molar-refractivity contribution in [3.63, 3.8) is 0 Å². The molecule has 2 aromatic carbocycles. The number of hydrogen-bond acceptors (Lipinski definition) is 5. The first kappa shape index (κ1) is 19.1. The third-order valence-electron chi connectivity index (χ3n) is 5.22. The Labute approximate surface area is 160 Å². The zero-order valence-corrected chi connectivity index (χ0v) is 16.2. The molecule has 142 valence electrons. The number of carbonyl (C=O) groups is 2. The first-order valence-electron chi connectivity index (χ1n) is 9.25. The van der Waals surface area contributed by atoms with Crippen molar-refractivity contribution < 1.29 is 14.7 Å². The maximum atomic E-state index is 12.6. The van der Waals surface area contributed by atoms with E-state index in [1.807, 2.05) is 25.1 Å². The first-order chi connectivity index (χ1) is 12.8. The molecule has 1 aliphatic heterocycles. The second-order valence-electron chi connectivity index (χ2n) is 7.31. The van der Waals surface area contributed by atoms with Gasteiger partial charge in [-0.3, -0.25) is 9.59 Å². The first-order valence-corrected chi connectivity index (χ1v) is 9.25. The van der Waals surface area contributed by atoms with Crippen LogP contribution in [0.25, 0.3) is 0 Å². The summed E-state index contributed by atoms with van der Waals surface area (Å²) in [6.07, 6.45) is -0.168. The molecule has 1 fully saturated rings. The standard InChI is InChI=1S/C22H26N2O3/c1-15-13-18(24-10-8-23(3)9-11-24)5-6-19(15)22(27)14-21(26)17-4-7-20(25)16(2)12-17/h4-7,12-13,25H,8-11,14H2,1-3H3. The number of nitrogens with zero attached hydrogens (tertiary/aromatic N) is 2. The predicted molar refractivity (Wildman–Crippen MR) is 107 cm³/mol. The van der Waals surface area contributed by atoms with Gasteiger partial charge in [-0.2, -0.15) is 0 Å². The fourth-order valence-electron chi connectivity index (χ4n) is 3.39. The minimum atomic E-state index is -0.231. The van der Waals surface area contributed by atoms with Crippen molar-refractivity contribution in [3.8, 4) is 5.75 Å². The van der Waals surface area contributed by atoms with Crippen LogP contribution >= 0.6 is 0 Å². The zero-order valence-electron chi connectivity index (χ0n) is 16.2. The Hall–Kier alpha value is -2.66. The molecular weight excluding hydrogens is 340 g/mol. The van der Waals surface area contributed by atoms with Crippen LogP contribution in [-0.2, 0) is 0 Å². The summed E-state index contributed by atoms with van der Waals surface area (Å²) in [5.41, 5.74) is 3.69. The second kappa shape index (κ2) is 7.92. The monoisotopic (exact) mass is 366 g/mol. The SMILES string of the molecule is Cc1cc(C(=O)CC(=O)c2ccc(N3CCN(C)CC3)cc2C)ccc1O. The minimum Gasteiger partial charge on any atom is -0.508 e. The van der Waals surface area contributed by atoms with Gasteiger partial charge < -0.3 is 14.9 Å². The maximum Gasteiger partial charge on any atom is 0.170 e. The van der Waals surface area contributed by atoms with E-state index in [1.165, 1.54) is 6.07 Å².